The van der Waals surface area contributed by atoms with Gasteiger partial charge in [0, 0.05) is 30.5 Å². The van der Waals surface area contributed by atoms with Gasteiger partial charge in [-0.25, -0.2) is 18.1 Å². The first-order valence-corrected chi connectivity index (χ1v) is 11.8. The van der Waals surface area contributed by atoms with Crippen LogP contribution in [0.1, 0.15) is 40.5 Å². The van der Waals surface area contributed by atoms with Crippen LogP contribution in [0.5, 0.6) is 5.75 Å². The lowest BCUT2D eigenvalue weighted by atomic mass is 10.0. The number of nitrogens with zero attached hydrogens (tertiary/aromatic N) is 6. The van der Waals surface area contributed by atoms with Gasteiger partial charge in [0.25, 0.3) is 5.91 Å². The summed E-state index contributed by atoms with van der Waals surface area (Å²) in [6.45, 7) is 1.56. The molecule has 0 aliphatic carbocycles. The Hall–Kier alpha value is -4.48. The first kappa shape index (κ1) is 23.0. The highest BCUT2D eigenvalue weighted by molar-refractivity contribution is 6.01. The average molecular weight is 508 g/mol. The Kier molecular flexibility index (Phi) is 5.50. The van der Waals surface area contributed by atoms with Crippen LogP contribution in [0.15, 0.2) is 48.9 Å². The summed E-state index contributed by atoms with van der Waals surface area (Å²) in [5, 5.41) is 17.4. The number of fused-ring (bicyclic) bond motifs is 2. The Balaban J connectivity index is 1.30. The zero-order valence-electron chi connectivity index (χ0n) is 19.5. The molecule has 2 aliphatic heterocycles. The zero-order chi connectivity index (χ0) is 25.7. The van der Waals surface area contributed by atoms with E-state index in [1.54, 1.807) is 20.3 Å². The lowest BCUT2D eigenvalue weighted by Crippen LogP contribution is -2.38. The monoisotopic (exact) mass is 508 g/mol. The van der Waals surface area contributed by atoms with Gasteiger partial charge in [-0.3, -0.25) is 9.48 Å². The minimum Gasteiger partial charge on any atom is -0.449 e. The van der Waals surface area contributed by atoms with E-state index in [0.717, 1.165) is 24.2 Å². The highest BCUT2D eigenvalue weighted by atomic mass is 19.1. The summed E-state index contributed by atoms with van der Waals surface area (Å²) in [6, 6.07) is 6.86. The molecule has 2 aliphatic rings. The molecule has 3 aromatic heterocycles. The lowest BCUT2D eigenvalue weighted by molar-refractivity contribution is 0.0706. The molecule has 190 valence electrons. The van der Waals surface area contributed by atoms with Gasteiger partial charge in [0.2, 0.25) is 0 Å². The molecular formula is C25H22F2N6O4. The number of carboxylic acid groups (broad SMARTS) is 1. The Labute approximate surface area is 209 Å². The predicted octanol–water partition coefficient (Wildman–Crippen LogP) is 3.86. The topological polar surface area (TPSA) is 105 Å². The van der Waals surface area contributed by atoms with Crippen molar-refractivity contribution in [1.82, 2.24) is 24.3 Å². The van der Waals surface area contributed by atoms with Crippen LogP contribution in [0.3, 0.4) is 0 Å². The van der Waals surface area contributed by atoms with Crippen LogP contribution >= 0.6 is 0 Å². The number of ether oxygens (including phenoxy) is 1. The summed E-state index contributed by atoms with van der Waals surface area (Å²) < 4.78 is 36.5. The molecule has 0 radical (unpaired) electrons. The smallest absolute Gasteiger partial charge is 0.449 e. The molecule has 1 saturated heterocycles. The minimum absolute atomic E-state index is 0.0943. The van der Waals surface area contributed by atoms with E-state index in [1.165, 1.54) is 18.5 Å². The third-order valence-corrected chi connectivity index (χ3v) is 6.95. The van der Waals surface area contributed by atoms with Gasteiger partial charge in [0.1, 0.15) is 17.3 Å². The number of carbonyl (C=O) groups excluding carboxylic acids is 1. The van der Waals surface area contributed by atoms with Gasteiger partial charge in [-0.15, -0.1) is 0 Å². The van der Waals surface area contributed by atoms with Crippen LogP contribution in [0.4, 0.5) is 19.3 Å². The van der Waals surface area contributed by atoms with Crippen molar-refractivity contribution in [2.45, 2.75) is 32.0 Å². The van der Waals surface area contributed by atoms with E-state index in [1.807, 2.05) is 17.0 Å². The summed E-state index contributed by atoms with van der Waals surface area (Å²) in [5.41, 5.74) is 2.54. The molecule has 0 saturated carbocycles. The van der Waals surface area contributed by atoms with Gasteiger partial charge in [0.05, 0.1) is 42.6 Å². The molecule has 5 heterocycles. The summed E-state index contributed by atoms with van der Waals surface area (Å²) in [6.07, 6.45) is 4.61. The molecule has 1 amide bonds. The molecule has 0 unspecified atom stereocenters. The lowest BCUT2D eigenvalue weighted by Gasteiger charge is -2.28. The van der Waals surface area contributed by atoms with Crippen molar-refractivity contribution in [3.05, 3.63) is 77.4 Å². The number of pyridine rings is 1. The van der Waals surface area contributed by atoms with E-state index >= 15 is 0 Å². The second-order valence-electron chi connectivity index (χ2n) is 9.06. The maximum absolute atomic E-state index is 14.6. The van der Waals surface area contributed by atoms with Crippen LogP contribution < -0.4 is 9.64 Å². The van der Waals surface area contributed by atoms with Gasteiger partial charge >= 0.3 is 6.16 Å². The Morgan fingerprint density at radius 3 is 2.76 bits per heavy atom. The van der Waals surface area contributed by atoms with E-state index in [-0.39, 0.29) is 24.2 Å². The van der Waals surface area contributed by atoms with Crippen LogP contribution in [-0.4, -0.2) is 54.6 Å². The van der Waals surface area contributed by atoms with E-state index in [4.69, 9.17) is 9.84 Å². The molecular weight excluding hydrogens is 486 g/mol. The van der Waals surface area contributed by atoms with E-state index in [9.17, 15) is 18.4 Å². The quantitative estimate of drug-likeness (QED) is 0.418. The Morgan fingerprint density at radius 2 is 1.92 bits per heavy atom. The highest BCUT2D eigenvalue weighted by Gasteiger charge is 2.31. The standard InChI is InChI=1S/C25H22F2N6O4/c26-15-3-4-19(27)17(10-15)20-2-1-6-31(20)16-5-7-32-21(11-16)18(12-28-32)24(34)30-8-9-33-22(14-30)23(13-29-33)37-25(35)36/h3-5,7,10-13,20H,1-2,6,8-9,14H2,(H,35,36)/t20-/m1/s1. The molecule has 1 atom stereocenters. The fourth-order valence-electron chi connectivity index (χ4n) is 5.23. The van der Waals surface area contributed by atoms with Gasteiger partial charge in [-0.05, 0) is 43.2 Å². The van der Waals surface area contributed by atoms with Crippen molar-refractivity contribution < 1.29 is 28.2 Å². The van der Waals surface area contributed by atoms with Gasteiger partial charge < -0.3 is 19.6 Å². The van der Waals surface area contributed by atoms with Crippen LogP contribution in [0.2, 0.25) is 0 Å². The molecule has 1 aromatic carbocycles. The van der Waals surface area contributed by atoms with E-state index < -0.39 is 17.8 Å². The molecule has 4 aromatic rings. The fourth-order valence-corrected chi connectivity index (χ4v) is 5.23. The number of hydrogen-bond acceptors (Lipinski definition) is 6. The zero-order valence-corrected chi connectivity index (χ0v) is 19.5. The molecule has 12 heteroatoms. The largest absolute Gasteiger partial charge is 0.511 e. The van der Waals surface area contributed by atoms with Crippen LogP contribution in [0.25, 0.3) is 5.52 Å². The SMILES string of the molecule is O=C(O)Oc1cnn2c1CN(C(=O)c1cnn3ccc(N4CCC[C@@H]4c4cc(F)ccc4F)cc13)CC2. The summed E-state index contributed by atoms with van der Waals surface area (Å²) >= 11 is 0. The fraction of sp³-hybridized carbons (Fsp3) is 0.280. The molecule has 1 fully saturated rings. The summed E-state index contributed by atoms with van der Waals surface area (Å²) in [5.74, 6) is -1.11. The summed E-state index contributed by atoms with van der Waals surface area (Å²) in [4.78, 5) is 28.1. The van der Waals surface area contributed by atoms with Crippen molar-refractivity contribution >= 4 is 23.3 Å². The first-order valence-electron chi connectivity index (χ1n) is 11.8. The maximum Gasteiger partial charge on any atom is 0.511 e. The summed E-state index contributed by atoms with van der Waals surface area (Å²) in [7, 11) is 0. The van der Waals surface area contributed by atoms with Crippen LogP contribution in [0, 0.1) is 11.6 Å². The van der Waals surface area contributed by atoms with Gasteiger partial charge in [0.15, 0.2) is 5.75 Å². The van der Waals surface area contributed by atoms with Crippen molar-refractivity contribution in [3.63, 3.8) is 0 Å². The number of carbonyl (C=O) groups is 2. The molecule has 0 bridgehead atoms. The number of aromatic nitrogens is 4. The second-order valence-corrected chi connectivity index (χ2v) is 9.06. The number of amides is 1. The van der Waals surface area contributed by atoms with E-state index in [0.29, 0.717) is 48.4 Å². The predicted molar refractivity (Wildman–Crippen MR) is 126 cm³/mol. The second kappa shape index (κ2) is 8.87. The average Bonchev–Trinajstić information content (AvgIpc) is 3.63. The van der Waals surface area contributed by atoms with Gasteiger partial charge in [-0.2, -0.15) is 10.2 Å². The number of hydrogen-bond donors (Lipinski definition) is 1. The molecule has 1 N–H and O–H groups in total. The Bertz CT molecular complexity index is 1530. The van der Waals surface area contributed by atoms with Crippen molar-refractivity contribution in [2.75, 3.05) is 18.0 Å². The number of rotatable bonds is 4. The highest BCUT2D eigenvalue weighted by Crippen LogP contribution is 2.38. The third-order valence-electron chi connectivity index (χ3n) is 6.95. The molecule has 10 nitrogen and oxygen atoms in total. The third kappa shape index (κ3) is 4.03. The number of anilines is 1. The molecule has 0 spiro atoms. The maximum atomic E-state index is 14.6. The van der Waals surface area contributed by atoms with Crippen LogP contribution in [-0.2, 0) is 13.1 Å². The first-order chi connectivity index (χ1) is 17.9. The van der Waals surface area contributed by atoms with E-state index in [2.05, 4.69) is 10.2 Å². The molecule has 6 rings (SSSR count). The van der Waals surface area contributed by atoms with Gasteiger partial charge in [-0.1, -0.05) is 0 Å². The molecule has 37 heavy (non-hydrogen) atoms. The number of benzene rings is 1. The minimum atomic E-state index is -1.45. The number of halogens is 2. The normalized spacial score (nSPS) is 17.3. The van der Waals surface area contributed by atoms with Crippen molar-refractivity contribution in [1.29, 1.82) is 0 Å². The van der Waals surface area contributed by atoms with Crippen molar-refractivity contribution in [2.24, 2.45) is 0 Å². The Morgan fingerprint density at radius 1 is 1.05 bits per heavy atom. The van der Waals surface area contributed by atoms with Crippen molar-refractivity contribution in [3.8, 4) is 5.75 Å².